The van der Waals surface area contributed by atoms with E-state index in [9.17, 15) is 18.0 Å². The second kappa shape index (κ2) is 10.3. The fraction of sp³-hybridized carbons (Fsp3) is 0.391. The highest BCUT2D eigenvalue weighted by atomic mass is 32.2. The number of hydrogen-bond donors (Lipinski definition) is 1. The van der Waals surface area contributed by atoms with Crippen LogP contribution in [-0.2, 0) is 25.2 Å². The molecule has 0 radical (unpaired) electrons. The average molecular weight is 474 g/mol. The molecule has 10 heteroatoms. The zero-order valence-electron chi connectivity index (χ0n) is 18.2. The van der Waals surface area contributed by atoms with Gasteiger partial charge < -0.3 is 19.3 Å². The third-order valence-corrected chi connectivity index (χ3v) is 6.76. The summed E-state index contributed by atoms with van der Waals surface area (Å²) in [7, 11) is -3.76. The molecule has 9 nitrogen and oxygen atoms in total. The lowest BCUT2D eigenvalue weighted by atomic mass is 10.1. The number of rotatable bonds is 6. The van der Waals surface area contributed by atoms with Gasteiger partial charge in [0.05, 0.1) is 37.9 Å². The van der Waals surface area contributed by atoms with Crippen LogP contribution in [0.4, 0.5) is 5.69 Å². The van der Waals surface area contributed by atoms with Gasteiger partial charge in [0.1, 0.15) is 0 Å². The van der Waals surface area contributed by atoms with E-state index in [0.29, 0.717) is 58.2 Å². The molecule has 0 bridgehead atoms. The zero-order valence-corrected chi connectivity index (χ0v) is 19.1. The first-order chi connectivity index (χ1) is 15.9. The molecule has 2 amide bonds. The molecule has 4 rings (SSSR count). The first-order valence-electron chi connectivity index (χ1n) is 10.8. The number of carbonyl (C=O) groups excluding carboxylic acids is 2. The molecule has 2 aliphatic rings. The van der Waals surface area contributed by atoms with Gasteiger partial charge in [-0.15, -0.1) is 0 Å². The summed E-state index contributed by atoms with van der Waals surface area (Å²) >= 11 is 0. The minimum atomic E-state index is -3.76. The molecular formula is C23H27N3O6S. The van der Waals surface area contributed by atoms with Crippen LogP contribution in [0.25, 0.3) is 0 Å². The molecule has 0 atom stereocenters. The summed E-state index contributed by atoms with van der Waals surface area (Å²) in [6.45, 7) is 3.52. The maximum Gasteiger partial charge on any atom is 0.254 e. The van der Waals surface area contributed by atoms with Gasteiger partial charge >= 0.3 is 0 Å². The number of ether oxygens (including phenoxy) is 2. The normalized spacial score (nSPS) is 17.0. The predicted molar refractivity (Wildman–Crippen MR) is 123 cm³/mol. The molecule has 1 N–H and O–H groups in total. The van der Waals surface area contributed by atoms with Crippen molar-refractivity contribution in [1.82, 2.24) is 9.80 Å². The van der Waals surface area contributed by atoms with E-state index in [-0.39, 0.29) is 34.4 Å². The van der Waals surface area contributed by atoms with Gasteiger partial charge in [-0.2, -0.15) is 0 Å². The van der Waals surface area contributed by atoms with E-state index < -0.39 is 10.0 Å². The van der Waals surface area contributed by atoms with Crippen LogP contribution in [0.15, 0.2) is 48.5 Å². The number of morpholine rings is 2. The maximum absolute atomic E-state index is 13.1. The van der Waals surface area contributed by atoms with E-state index in [1.54, 1.807) is 34.1 Å². The standard InChI is InChI=1S/C23H27N3O6S/c27-22(25-6-10-31-11-7-25)19-14-20(23(28)26-8-12-32-13-9-26)16-21(15-19)24-33(29,30)17-18-4-2-1-3-5-18/h1-5,14-16,24H,6-13,17H2. The Labute approximate surface area is 193 Å². The summed E-state index contributed by atoms with van der Waals surface area (Å²) < 4.78 is 38.8. The number of benzene rings is 2. The van der Waals surface area contributed by atoms with Crippen molar-refractivity contribution in [3.05, 3.63) is 65.2 Å². The largest absolute Gasteiger partial charge is 0.378 e. The second-order valence-electron chi connectivity index (χ2n) is 7.95. The van der Waals surface area contributed by atoms with Gasteiger partial charge in [0.2, 0.25) is 10.0 Å². The number of amides is 2. The van der Waals surface area contributed by atoms with E-state index in [2.05, 4.69) is 4.72 Å². The minimum absolute atomic E-state index is 0.182. The maximum atomic E-state index is 13.1. The van der Waals surface area contributed by atoms with Crippen molar-refractivity contribution >= 4 is 27.5 Å². The van der Waals surface area contributed by atoms with Gasteiger partial charge in [-0.05, 0) is 23.8 Å². The predicted octanol–water partition coefficient (Wildman–Crippen LogP) is 1.57. The molecule has 0 unspecified atom stereocenters. The molecule has 2 aromatic rings. The highest BCUT2D eigenvalue weighted by molar-refractivity contribution is 7.91. The van der Waals surface area contributed by atoms with Crippen molar-refractivity contribution in [1.29, 1.82) is 0 Å². The monoisotopic (exact) mass is 473 g/mol. The average Bonchev–Trinajstić information content (AvgIpc) is 2.84. The van der Waals surface area contributed by atoms with Gasteiger partial charge in [0.25, 0.3) is 11.8 Å². The highest BCUT2D eigenvalue weighted by Gasteiger charge is 2.24. The molecule has 2 aliphatic heterocycles. The molecule has 0 aromatic heterocycles. The van der Waals surface area contributed by atoms with E-state index in [0.717, 1.165) is 0 Å². The Morgan fingerprint density at radius 3 is 1.76 bits per heavy atom. The topological polar surface area (TPSA) is 105 Å². The van der Waals surface area contributed by atoms with Gasteiger partial charge in [-0.1, -0.05) is 30.3 Å². The molecular weight excluding hydrogens is 446 g/mol. The summed E-state index contributed by atoms with van der Waals surface area (Å²) in [5, 5.41) is 0. The van der Waals surface area contributed by atoms with Crippen LogP contribution in [0.2, 0.25) is 0 Å². The smallest absolute Gasteiger partial charge is 0.254 e. The van der Waals surface area contributed by atoms with Crippen molar-refractivity contribution in [3.8, 4) is 0 Å². The number of sulfonamides is 1. The van der Waals surface area contributed by atoms with E-state index >= 15 is 0 Å². The van der Waals surface area contributed by atoms with E-state index in [1.165, 1.54) is 18.2 Å². The van der Waals surface area contributed by atoms with Crippen LogP contribution in [-0.4, -0.2) is 82.6 Å². The van der Waals surface area contributed by atoms with Crippen molar-refractivity contribution in [2.24, 2.45) is 0 Å². The third kappa shape index (κ3) is 6.10. The lowest BCUT2D eigenvalue weighted by Gasteiger charge is -2.28. The van der Waals surface area contributed by atoms with Crippen LogP contribution < -0.4 is 4.72 Å². The molecule has 33 heavy (non-hydrogen) atoms. The number of carbonyl (C=O) groups is 2. The Hall–Kier alpha value is -2.95. The molecule has 2 heterocycles. The number of nitrogens with zero attached hydrogens (tertiary/aromatic N) is 2. The first kappa shape index (κ1) is 23.2. The highest BCUT2D eigenvalue weighted by Crippen LogP contribution is 2.21. The molecule has 2 fully saturated rings. The summed E-state index contributed by atoms with van der Waals surface area (Å²) in [5.74, 6) is -0.751. The van der Waals surface area contributed by atoms with Crippen molar-refractivity contribution in [2.45, 2.75) is 5.75 Å². The molecule has 0 saturated carbocycles. The Bertz CT molecular complexity index is 1050. The summed E-state index contributed by atoms with van der Waals surface area (Å²) in [4.78, 5) is 29.5. The molecule has 2 aromatic carbocycles. The number of hydrogen-bond acceptors (Lipinski definition) is 6. The van der Waals surface area contributed by atoms with Gasteiger partial charge in [-0.25, -0.2) is 8.42 Å². The number of anilines is 1. The van der Waals surface area contributed by atoms with Crippen molar-refractivity contribution in [3.63, 3.8) is 0 Å². The lowest BCUT2D eigenvalue weighted by molar-refractivity contribution is 0.0298. The van der Waals surface area contributed by atoms with Crippen molar-refractivity contribution in [2.75, 3.05) is 57.3 Å². The minimum Gasteiger partial charge on any atom is -0.378 e. The summed E-state index contributed by atoms with van der Waals surface area (Å²) in [6, 6.07) is 13.3. The van der Waals surface area contributed by atoms with E-state index in [1.807, 2.05) is 6.07 Å². The Kier molecular flexibility index (Phi) is 7.26. The SMILES string of the molecule is O=C(c1cc(NS(=O)(=O)Cc2ccccc2)cc(C(=O)N2CCOCC2)c1)N1CCOCC1. The van der Waals surface area contributed by atoms with Crippen molar-refractivity contribution < 1.29 is 27.5 Å². The number of nitrogens with one attached hydrogen (secondary N) is 1. The molecule has 0 spiro atoms. The van der Waals surface area contributed by atoms with Crippen LogP contribution in [0.3, 0.4) is 0 Å². The first-order valence-corrected chi connectivity index (χ1v) is 12.5. The fourth-order valence-electron chi connectivity index (χ4n) is 3.84. The van der Waals surface area contributed by atoms with Gasteiger partial charge in [0, 0.05) is 37.3 Å². The lowest BCUT2D eigenvalue weighted by Crippen LogP contribution is -2.41. The van der Waals surface area contributed by atoms with Crippen LogP contribution in [0.5, 0.6) is 0 Å². The quantitative estimate of drug-likeness (QED) is 0.683. The Balaban J connectivity index is 1.63. The Morgan fingerprint density at radius 2 is 1.27 bits per heavy atom. The fourth-order valence-corrected chi connectivity index (χ4v) is 5.02. The van der Waals surface area contributed by atoms with Crippen LogP contribution >= 0.6 is 0 Å². The molecule has 2 saturated heterocycles. The third-order valence-electron chi connectivity index (χ3n) is 5.50. The van der Waals surface area contributed by atoms with Gasteiger partial charge in [-0.3, -0.25) is 14.3 Å². The zero-order chi connectivity index (χ0) is 23.3. The molecule has 0 aliphatic carbocycles. The summed E-state index contributed by atoms with van der Waals surface area (Å²) in [6.07, 6.45) is 0. The summed E-state index contributed by atoms with van der Waals surface area (Å²) in [5.41, 5.74) is 1.33. The Morgan fingerprint density at radius 1 is 0.788 bits per heavy atom. The second-order valence-corrected chi connectivity index (χ2v) is 9.68. The molecule has 176 valence electrons. The van der Waals surface area contributed by atoms with Crippen LogP contribution in [0.1, 0.15) is 26.3 Å². The van der Waals surface area contributed by atoms with Gasteiger partial charge in [0.15, 0.2) is 0 Å². The van der Waals surface area contributed by atoms with E-state index in [4.69, 9.17) is 9.47 Å². The van der Waals surface area contributed by atoms with Crippen LogP contribution in [0, 0.1) is 0 Å².